The highest BCUT2D eigenvalue weighted by molar-refractivity contribution is 6.33. The van der Waals surface area contributed by atoms with Crippen molar-refractivity contribution in [3.05, 3.63) is 23.2 Å². The summed E-state index contributed by atoms with van der Waals surface area (Å²) in [7, 11) is 0. The minimum absolute atomic E-state index is 0.0100. The quantitative estimate of drug-likeness (QED) is 0.383. The number of hydrogen-bond acceptors (Lipinski definition) is 5. The molecule has 0 radical (unpaired) electrons. The summed E-state index contributed by atoms with van der Waals surface area (Å²) in [5.41, 5.74) is 4.22. The van der Waals surface area contributed by atoms with Gasteiger partial charge in [0.15, 0.2) is 0 Å². The second-order valence-corrected chi connectivity index (χ2v) is 8.91. The predicted octanol–water partition coefficient (Wildman–Crippen LogP) is 3.03. The van der Waals surface area contributed by atoms with Crippen LogP contribution in [0.4, 0.5) is 5.69 Å². The van der Waals surface area contributed by atoms with Gasteiger partial charge in [-0.2, -0.15) is 0 Å². The van der Waals surface area contributed by atoms with Crippen molar-refractivity contribution in [2.45, 2.75) is 69.2 Å². The van der Waals surface area contributed by atoms with Crippen LogP contribution in [0.2, 0.25) is 5.02 Å². The molecule has 6 atom stereocenters. The first-order valence-electron chi connectivity index (χ1n) is 10.2. The zero-order chi connectivity index (χ0) is 19.8. The summed E-state index contributed by atoms with van der Waals surface area (Å²) < 4.78 is 5.88. The van der Waals surface area contributed by atoms with Gasteiger partial charge in [0, 0.05) is 18.2 Å². The molecule has 6 unspecified atom stereocenters. The SMILES string of the molecule is CCCCOc1ccc(Cl)c(N2NC(C)C3C(=O)NC4CCC(Cl)NC4C32)c1. The van der Waals surface area contributed by atoms with E-state index in [-0.39, 0.29) is 41.5 Å². The molecule has 0 aromatic heterocycles. The van der Waals surface area contributed by atoms with Gasteiger partial charge < -0.3 is 15.1 Å². The van der Waals surface area contributed by atoms with Crippen LogP contribution in [-0.2, 0) is 4.79 Å². The zero-order valence-electron chi connectivity index (χ0n) is 16.3. The number of nitrogens with one attached hydrogen (secondary N) is 3. The summed E-state index contributed by atoms with van der Waals surface area (Å²) in [6.45, 7) is 4.85. The third-order valence-corrected chi connectivity index (χ3v) is 6.69. The van der Waals surface area contributed by atoms with Crippen molar-refractivity contribution in [3.63, 3.8) is 0 Å². The predicted molar refractivity (Wildman–Crippen MR) is 112 cm³/mol. The number of amides is 1. The first-order valence-corrected chi connectivity index (χ1v) is 11.0. The zero-order valence-corrected chi connectivity index (χ0v) is 17.8. The van der Waals surface area contributed by atoms with Crippen LogP contribution in [0.25, 0.3) is 0 Å². The Bertz CT molecular complexity index is 734. The lowest BCUT2D eigenvalue weighted by Crippen LogP contribution is -2.70. The Kier molecular flexibility index (Phi) is 5.93. The number of hydrazine groups is 1. The maximum absolute atomic E-state index is 12.8. The second kappa shape index (κ2) is 8.27. The largest absolute Gasteiger partial charge is 0.494 e. The van der Waals surface area contributed by atoms with Gasteiger partial charge in [-0.3, -0.25) is 10.1 Å². The van der Waals surface area contributed by atoms with Crippen LogP contribution in [0.15, 0.2) is 18.2 Å². The van der Waals surface area contributed by atoms with Crippen LogP contribution in [0, 0.1) is 5.92 Å². The summed E-state index contributed by atoms with van der Waals surface area (Å²) in [6.07, 6.45) is 3.80. The maximum atomic E-state index is 12.8. The molecule has 1 amide bonds. The highest BCUT2D eigenvalue weighted by atomic mass is 35.5. The Morgan fingerprint density at radius 2 is 2.14 bits per heavy atom. The van der Waals surface area contributed by atoms with Crippen LogP contribution in [0.3, 0.4) is 0 Å². The van der Waals surface area contributed by atoms with Crippen LogP contribution in [0.5, 0.6) is 5.75 Å². The van der Waals surface area contributed by atoms with E-state index in [4.69, 9.17) is 27.9 Å². The molecule has 3 aliphatic heterocycles. The minimum atomic E-state index is -0.184. The normalized spacial score (nSPS) is 34.6. The van der Waals surface area contributed by atoms with Gasteiger partial charge in [-0.05, 0) is 38.3 Å². The smallest absolute Gasteiger partial charge is 0.227 e. The fraction of sp³-hybridized carbons (Fsp3) is 0.650. The monoisotopic (exact) mass is 426 g/mol. The summed E-state index contributed by atoms with van der Waals surface area (Å²) in [6, 6.07) is 5.75. The first kappa shape index (κ1) is 20.1. The molecule has 4 rings (SSSR count). The highest BCUT2D eigenvalue weighted by Gasteiger charge is 2.55. The number of alkyl halides is 1. The number of ether oxygens (including phenoxy) is 1. The number of halogens is 2. The van der Waals surface area contributed by atoms with Gasteiger partial charge in [-0.25, -0.2) is 5.43 Å². The van der Waals surface area contributed by atoms with Crippen molar-refractivity contribution >= 4 is 34.8 Å². The van der Waals surface area contributed by atoms with Crippen LogP contribution in [0.1, 0.15) is 39.5 Å². The van der Waals surface area contributed by atoms with E-state index >= 15 is 0 Å². The Morgan fingerprint density at radius 3 is 2.93 bits per heavy atom. The third-order valence-electron chi connectivity index (χ3n) is 6.03. The van der Waals surface area contributed by atoms with Gasteiger partial charge >= 0.3 is 0 Å². The van der Waals surface area contributed by atoms with E-state index in [0.29, 0.717) is 11.6 Å². The molecule has 8 heteroatoms. The molecule has 0 aliphatic carbocycles. The number of piperidine rings is 2. The molecule has 6 nitrogen and oxygen atoms in total. The van der Waals surface area contributed by atoms with E-state index in [1.807, 2.05) is 25.1 Å². The number of rotatable bonds is 5. The van der Waals surface area contributed by atoms with Crippen molar-refractivity contribution in [2.24, 2.45) is 5.92 Å². The van der Waals surface area contributed by atoms with Crippen molar-refractivity contribution in [3.8, 4) is 5.75 Å². The minimum Gasteiger partial charge on any atom is -0.494 e. The Labute approximate surface area is 176 Å². The van der Waals surface area contributed by atoms with Gasteiger partial charge in [-0.1, -0.05) is 24.9 Å². The summed E-state index contributed by atoms with van der Waals surface area (Å²) in [5.74, 6) is 0.695. The number of hydrogen-bond donors (Lipinski definition) is 3. The highest BCUT2D eigenvalue weighted by Crippen LogP contribution is 2.40. The Morgan fingerprint density at radius 1 is 1.32 bits per heavy atom. The number of unbranched alkanes of at least 4 members (excludes halogenated alkanes) is 1. The van der Waals surface area contributed by atoms with Crippen LogP contribution < -0.4 is 25.8 Å². The van der Waals surface area contributed by atoms with E-state index < -0.39 is 0 Å². The molecule has 0 saturated carbocycles. The summed E-state index contributed by atoms with van der Waals surface area (Å²) in [5, 5.41) is 9.38. The number of carbonyl (C=O) groups excluding carboxylic acids is 1. The fourth-order valence-electron chi connectivity index (χ4n) is 4.63. The van der Waals surface area contributed by atoms with Crippen molar-refractivity contribution in [1.29, 1.82) is 0 Å². The van der Waals surface area contributed by atoms with Crippen molar-refractivity contribution < 1.29 is 9.53 Å². The van der Waals surface area contributed by atoms with Gasteiger partial charge in [0.05, 0.1) is 40.8 Å². The summed E-state index contributed by atoms with van der Waals surface area (Å²) >= 11 is 13.0. The first-order chi connectivity index (χ1) is 13.5. The number of fused-ring (bicyclic) bond motifs is 3. The van der Waals surface area contributed by atoms with Gasteiger partial charge in [0.2, 0.25) is 5.91 Å². The molecule has 3 fully saturated rings. The average Bonchev–Trinajstić information content (AvgIpc) is 3.02. The van der Waals surface area contributed by atoms with E-state index in [0.717, 1.165) is 37.1 Å². The Hall–Kier alpha value is -1.21. The van der Waals surface area contributed by atoms with E-state index in [2.05, 4.69) is 28.0 Å². The maximum Gasteiger partial charge on any atom is 0.227 e. The third kappa shape index (κ3) is 3.67. The second-order valence-electron chi connectivity index (χ2n) is 7.97. The van der Waals surface area contributed by atoms with E-state index in [9.17, 15) is 4.79 Å². The topological polar surface area (TPSA) is 65.6 Å². The standard InChI is InChI=1S/C20H28Cl2N4O2/c1-3-4-9-28-12-5-6-13(21)15(10-12)26-19-17(11(2)25-26)20(27)23-14-7-8-16(22)24-18(14)19/h5-6,10-11,14,16-19,24-25H,3-4,7-9H2,1-2H3,(H,23,27). The molecule has 154 valence electrons. The molecule has 1 aromatic rings. The van der Waals surface area contributed by atoms with Gasteiger partial charge in [0.1, 0.15) is 5.75 Å². The lowest BCUT2D eigenvalue weighted by Gasteiger charge is -2.47. The lowest BCUT2D eigenvalue weighted by atomic mass is 9.79. The molecule has 3 saturated heterocycles. The summed E-state index contributed by atoms with van der Waals surface area (Å²) in [4.78, 5) is 12.8. The molecular weight excluding hydrogens is 399 g/mol. The number of anilines is 1. The fourth-order valence-corrected chi connectivity index (χ4v) is 5.11. The van der Waals surface area contributed by atoms with Crippen molar-refractivity contribution in [2.75, 3.05) is 11.6 Å². The molecule has 3 aliphatic rings. The number of carbonyl (C=O) groups is 1. The molecular formula is C20H28Cl2N4O2. The molecule has 3 N–H and O–H groups in total. The molecule has 1 aromatic carbocycles. The van der Waals surface area contributed by atoms with Crippen LogP contribution in [-0.4, -0.2) is 42.2 Å². The van der Waals surface area contributed by atoms with E-state index in [1.165, 1.54) is 0 Å². The van der Waals surface area contributed by atoms with E-state index in [1.54, 1.807) is 0 Å². The van der Waals surface area contributed by atoms with Crippen LogP contribution >= 0.6 is 23.2 Å². The molecule has 0 bridgehead atoms. The number of benzene rings is 1. The Balaban J connectivity index is 1.65. The van der Waals surface area contributed by atoms with Crippen molar-refractivity contribution in [1.82, 2.24) is 16.1 Å². The molecule has 28 heavy (non-hydrogen) atoms. The lowest BCUT2D eigenvalue weighted by molar-refractivity contribution is -0.129. The number of nitrogens with zero attached hydrogens (tertiary/aromatic N) is 1. The average molecular weight is 427 g/mol. The molecule has 0 spiro atoms. The molecule has 3 heterocycles. The van der Waals surface area contributed by atoms with Gasteiger partial charge in [-0.15, -0.1) is 11.6 Å². The van der Waals surface area contributed by atoms with Gasteiger partial charge in [0.25, 0.3) is 0 Å².